The van der Waals surface area contributed by atoms with E-state index < -0.39 is 11.8 Å². The van der Waals surface area contributed by atoms with Crippen LogP contribution >= 0.6 is 11.6 Å². The number of anilines is 1. The van der Waals surface area contributed by atoms with E-state index in [1.165, 1.54) is 18.4 Å². The molecule has 3 amide bonds. The van der Waals surface area contributed by atoms with Gasteiger partial charge in [0, 0.05) is 22.5 Å². The van der Waals surface area contributed by atoms with Crippen LogP contribution < -0.4 is 4.90 Å². The number of pyridine rings is 1. The number of aromatic nitrogens is 1. The molecule has 34 heavy (non-hydrogen) atoms. The molecule has 0 spiro atoms. The van der Waals surface area contributed by atoms with E-state index in [-0.39, 0.29) is 35.7 Å². The average Bonchev–Trinajstić information content (AvgIpc) is 3.46. The topological polar surface area (TPSA) is 83.7 Å². The quantitative estimate of drug-likeness (QED) is 0.371. The molecule has 3 heterocycles. The van der Waals surface area contributed by atoms with Gasteiger partial charge in [-0.15, -0.1) is 0 Å². The summed E-state index contributed by atoms with van der Waals surface area (Å²) in [6.45, 7) is 0.245. The van der Waals surface area contributed by atoms with E-state index in [1.54, 1.807) is 59.6 Å². The Balaban J connectivity index is 1.47. The Morgan fingerprint density at radius 1 is 0.941 bits per heavy atom. The smallest absolute Gasteiger partial charge is 0.261 e. The van der Waals surface area contributed by atoms with Gasteiger partial charge in [-0.05, 0) is 66.7 Å². The minimum Gasteiger partial charge on any atom is -0.467 e. The largest absolute Gasteiger partial charge is 0.467 e. The van der Waals surface area contributed by atoms with Gasteiger partial charge in [0.2, 0.25) is 0 Å². The lowest BCUT2D eigenvalue weighted by molar-refractivity contribution is 0.0631. The standard InChI is InChI=1S/C26H18ClN3O4/c27-18-7-9-20(10-8-18)29(15-19-4-1-2-12-28-19)24(31)17-6-11-22-23(14-17)26(33)30(25(22)32)16-21-5-3-13-34-21/h1-14H,15-16H2. The third-order valence-electron chi connectivity index (χ3n) is 5.54. The second-order valence-electron chi connectivity index (χ2n) is 7.72. The molecule has 8 heteroatoms. The third kappa shape index (κ3) is 4.09. The van der Waals surface area contributed by atoms with Crippen LogP contribution in [0.4, 0.5) is 5.69 Å². The first kappa shape index (κ1) is 21.6. The molecule has 0 N–H and O–H groups in total. The van der Waals surface area contributed by atoms with Crippen molar-refractivity contribution in [1.29, 1.82) is 0 Å². The summed E-state index contributed by atoms with van der Waals surface area (Å²) in [5.74, 6) is -0.720. The van der Waals surface area contributed by atoms with Gasteiger partial charge in [-0.2, -0.15) is 0 Å². The molecule has 1 aliphatic rings. The Labute approximate surface area is 200 Å². The monoisotopic (exact) mass is 471 g/mol. The van der Waals surface area contributed by atoms with Crippen LogP contribution in [0.15, 0.2) is 89.7 Å². The van der Waals surface area contributed by atoms with E-state index in [0.717, 1.165) is 4.90 Å². The van der Waals surface area contributed by atoms with E-state index in [0.29, 0.717) is 22.2 Å². The van der Waals surface area contributed by atoms with Crippen LogP contribution in [0.25, 0.3) is 0 Å². The third-order valence-corrected chi connectivity index (χ3v) is 5.79. The number of amides is 3. The molecule has 7 nitrogen and oxygen atoms in total. The van der Waals surface area contributed by atoms with Gasteiger partial charge in [0.1, 0.15) is 5.76 Å². The first-order valence-electron chi connectivity index (χ1n) is 10.5. The predicted molar refractivity (Wildman–Crippen MR) is 126 cm³/mol. The molecule has 0 saturated heterocycles. The van der Waals surface area contributed by atoms with E-state index >= 15 is 0 Å². The zero-order chi connectivity index (χ0) is 23.7. The van der Waals surface area contributed by atoms with Gasteiger partial charge < -0.3 is 9.32 Å². The first-order valence-corrected chi connectivity index (χ1v) is 10.9. The molecule has 0 unspecified atom stereocenters. The lowest BCUT2D eigenvalue weighted by atomic mass is 10.0. The Morgan fingerprint density at radius 3 is 2.44 bits per heavy atom. The highest BCUT2D eigenvalue weighted by atomic mass is 35.5. The molecular formula is C26H18ClN3O4. The first-order chi connectivity index (χ1) is 16.5. The van der Waals surface area contributed by atoms with Gasteiger partial charge in [0.15, 0.2) is 0 Å². The van der Waals surface area contributed by atoms with Crippen molar-refractivity contribution in [2.75, 3.05) is 4.90 Å². The highest BCUT2D eigenvalue weighted by Crippen LogP contribution is 2.28. The molecule has 2 aromatic carbocycles. The van der Waals surface area contributed by atoms with Crippen LogP contribution in [-0.4, -0.2) is 27.6 Å². The van der Waals surface area contributed by atoms with Crippen molar-refractivity contribution in [2.24, 2.45) is 0 Å². The minimum atomic E-state index is -0.464. The number of benzene rings is 2. The van der Waals surface area contributed by atoms with Crippen molar-refractivity contribution in [1.82, 2.24) is 9.88 Å². The number of hydrogen-bond donors (Lipinski definition) is 0. The highest BCUT2D eigenvalue weighted by molar-refractivity contribution is 6.30. The second-order valence-corrected chi connectivity index (χ2v) is 8.16. The molecule has 4 aromatic rings. The van der Waals surface area contributed by atoms with Crippen molar-refractivity contribution in [2.45, 2.75) is 13.1 Å². The molecule has 0 aliphatic carbocycles. The summed E-state index contributed by atoms with van der Waals surface area (Å²) in [5.41, 5.74) is 2.06. The lowest BCUT2D eigenvalue weighted by Crippen LogP contribution is -2.31. The summed E-state index contributed by atoms with van der Waals surface area (Å²) in [6, 6.07) is 20.3. The Hall–Kier alpha value is -4.23. The summed E-state index contributed by atoms with van der Waals surface area (Å²) in [6.07, 6.45) is 3.14. The molecule has 2 aromatic heterocycles. The Kier molecular flexibility index (Phi) is 5.69. The number of carbonyl (C=O) groups excluding carboxylic acids is 3. The summed E-state index contributed by atoms with van der Waals surface area (Å²) < 4.78 is 5.28. The maximum absolute atomic E-state index is 13.6. The summed E-state index contributed by atoms with van der Waals surface area (Å²) in [5, 5.41) is 0.548. The molecule has 0 radical (unpaired) electrons. The maximum Gasteiger partial charge on any atom is 0.261 e. The lowest BCUT2D eigenvalue weighted by Gasteiger charge is -2.23. The SMILES string of the molecule is O=C1c2ccc(C(=O)N(Cc3ccccn3)c3ccc(Cl)cc3)cc2C(=O)N1Cc1ccco1. The predicted octanol–water partition coefficient (Wildman–Crippen LogP) is 4.97. The van der Waals surface area contributed by atoms with Crippen LogP contribution in [0.5, 0.6) is 0 Å². The van der Waals surface area contributed by atoms with Crippen LogP contribution in [0.2, 0.25) is 5.02 Å². The van der Waals surface area contributed by atoms with Crippen molar-refractivity contribution in [3.8, 4) is 0 Å². The normalized spacial score (nSPS) is 12.7. The number of fused-ring (bicyclic) bond motifs is 1. The van der Waals surface area contributed by atoms with Crippen molar-refractivity contribution < 1.29 is 18.8 Å². The van der Waals surface area contributed by atoms with Gasteiger partial charge in [0.25, 0.3) is 17.7 Å². The molecule has 0 fully saturated rings. The molecular weight excluding hydrogens is 454 g/mol. The van der Waals surface area contributed by atoms with Gasteiger partial charge in [-0.25, -0.2) is 0 Å². The number of halogens is 1. The minimum absolute atomic E-state index is 0.0270. The summed E-state index contributed by atoms with van der Waals surface area (Å²) in [4.78, 5) is 46.4. The van der Waals surface area contributed by atoms with E-state index in [2.05, 4.69) is 4.98 Å². The van der Waals surface area contributed by atoms with Gasteiger partial charge in [-0.1, -0.05) is 17.7 Å². The number of imide groups is 1. The van der Waals surface area contributed by atoms with E-state index in [4.69, 9.17) is 16.0 Å². The maximum atomic E-state index is 13.6. The van der Waals surface area contributed by atoms with Gasteiger partial charge in [0.05, 0.1) is 36.2 Å². The van der Waals surface area contributed by atoms with Gasteiger partial charge in [-0.3, -0.25) is 24.3 Å². The number of carbonyl (C=O) groups is 3. The highest BCUT2D eigenvalue weighted by Gasteiger charge is 2.37. The van der Waals surface area contributed by atoms with Gasteiger partial charge >= 0.3 is 0 Å². The van der Waals surface area contributed by atoms with Crippen LogP contribution in [0.3, 0.4) is 0 Å². The molecule has 5 rings (SSSR count). The van der Waals surface area contributed by atoms with Crippen molar-refractivity contribution >= 4 is 35.0 Å². The zero-order valence-corrected chi connectivity index (χ0v) is 18.6. The number of nitrogens with zero attached hydrogens (tertiary/aromatic N) is 3. The fraction of sp³-hybridized carbons (Fsp3) is 0.0769. The van der Waals surface area contributed by atoms with Crippen LogP contribution in [-0.2, 0) is 13.1 Å². The number of furan rings is 1. The average molecular weight is 472 g/mol. The fourth-order valence-corrected chi connectivity index (χ4v) is 3.96. The van der Waals surface area contributed by atoms with Crippen LogP contribution in [0.1, 0.15) is 42.5 Å². The Morgan fingerprint density at radius 2 is 1.74 bits per heavy atom. The number of hydrogen-bond acceptors (Lipinski definition) is 5. The molecule has 168 valence electrons. The van der Waals surface area contributed by atoms with Crippen LogP contribution in [0, 0.1) is 0 Å². The number of rotatable bonds is 6. The molecule has 0 saturated carbocycles. The molecule has 0 bridgehead atoms. The molecule has 1 aliphatic heterocycles. The van der Waals surface area contributed by atoms with E-state index in [1.807, 2.05) is 12.1 Å². The fourth-order valence-electron chi connectivity index (χ4n) is 3.84. The molecule has 0 atom stereocenters. The second kappa shape index (κ2) is 8.96. The summed E-state index contributed by atoms with van der Waals surface area (Å²) >= 11 is 6.03. The van der Waals surface area contributed by atoms with Crippen molar-refractivity contribution in [3.05, 3.63) is 118 Å². The summed E-state index contributed by atoms with van der Waals surface area (Å²) in [7, 11) is 0. The Bertz CT molecular complexity index is 1370. The zero-order valence-electron chi connectivity index (χ0n) is 17.8. The van der Waals surface area contributed by atoms with E-state index in [9.17, 15) is 14.4 Å². The van der Waals surface area contributed by atoms with Crippen molar-refractivity contribution in [3.63, 3.8) is 0 Å².